The molecule has 7 nitrogen and oxygen atoms in total. The lowest BCUT2D eigenvalue weighted by Crippen LogP contribution is -2.36. The number of pyridine rings is 1. The molecule has 1 aromatic carbocycles. The van der Waals surface area contributed by atoms with Crippen LogP contribution >= 0.6 is 11.8 Å². The minimum Gasteiger partial charge on any atom is -0.336 e. The molecule has 8 heteroatoms. The number of thioether (sulfide) groups is 1. The van der Waals surface area contributed by atoms with Crippen molar-refractivity contribution >= 4 is 35.0 Å². The second-order valence-corrected chi connectivity index (χ2v) is 7.56. The molecule has 150 valence electrons. The van der Waals surface area contributed by atoms with Crippen LogP contribution in [0.3, 0.4) is 0 Å². The van der Waals surface area contributed by atoms with Crippen LogP contribution in [0.1, 0.15) is 34.1 Å². The Morgan fingerprint density at radius 1 is 1.21 bits per heavy atom. The van der Waals surface area contributed by atoms with Gasteiger partial charge < -0.3 is 10.2 Å². The number of amides is 2. The van der Waals surface area contributed by atoms with Crippen molar-refractivity contribution in [3.63, 3.8) is 0 Å². The zero-order chi connectivity index (χ0) is 21.6. The summed E-state index contributed by atoms with van der Waals surface area (Å²) in [6.45, 7) is 4.97. The van der Waals surface area contributed by atoms with E-state index in [0.717, 1.165) is 17.3 Å². The summed E-state index contributed by atoms with van der Waals surface area (Å²) in [5, 5.41) is 12.4. The third kappa shape index (κ3) is 6.16. The highest BCUT2D eigenvalue weighted by molar-refractivity contribution is 8.00. The summed E-state index contributed by atoms with van der Waals surface area (Å²) in [4.78, 5) is 41.7. The van der Waals surface area contributed by atoms with Crippen LogP contribution in [0.5, 0.6) is 0 Å². The number of ketones is 1. The Kier molecular flexibility index (Phi) is 7.51. The average molecular weight is 410 g/mol. The normalized spacial score (nSPS) is 10.2. The van der Waals surface area contributed by atoms with Crippen molar-refractivity contribution in [1.29, 1.82) is 5.26 Å². The summed E-state index contributed by atoms with van der Waals surface area (Å²) in [5.74, 6) is -0.715. The maximum atomic E-state index is 12.4. The van der Waals surface area contributed by atoms with Crippen molar-refractivity contribution in [3.8, 4) is 6.07 Å². The first kappa shape index (κ1) is 22.1. The van der Waals surface area contributed by atoms with Crippen LogP contribution in [0.15, 0.2) is 35.4 Å². The van der Waals surface area contributed by atoms with E-state index >= 15 is 0 Å². The van der Waals surface area contributed by atoms with Crippen molar-refractivity contribution in [2.24, 2.45) is 0 Å². The average Bonchev–Trinajstić information content (AvgIpc) is 2.67. The van der Waals surface area contributed by atoms with Crippen LogP contribution in [0.2, 0.25) is 0 Å². The highest BCUT2D eigenvalue weighted by Gasteiger charge is 2.17. The number of hydrogen-bond acceptors (Lipinski definition) is 6. The van der Waals surface area contributed by atoms with E-state index in [2.05, 4.69) is 10.3 Å². The van der Waals surface area contributed by atoms with E-state index in [1.807, 2.05) is 25.1 Å². The van der Waals surface area contributed by atoms with Gasteiger partial charge in [-0.15, -0.1) is 0 Å². The summed E-state index contributed by atoms with van der Waals surface area (Å²) < 4.78 is 0. The minimum absolute atomic E-state index is 0.0227. The number of hydrogen-bond donors (Lipinski definition) is 1. The van der Waals surface area contributed by atoms with Crippen molar-refractivity contribution in [3.05, 3.63) is 52.7 Å². The van der Waals surface area contributed by atoms with Gasteiger partial charge in [0.1, 0.15) is 11.1 Å². The summed E-state index contributed by atoms with van der Waals surface area (Å²) in [7, 11) is 1.54. The van der Waals surface area contributed by atoms with Crippen molar-refractivity contribution in [1.82, 2.24) is 9.88 Å². The van der Waals surface area contributed by atoms with Crippen LogP contribution in [0.25, 0.3) is 0 Å². The van der Waals surface area contributed by atoms with Gasteiger partial charge in [0.05, 0.1) is 17.9 Å². The van der Waals surface area contributed by atoms with Crippen LogP contribution in [0, 0.1) is 25.2 Å². The summed E-state index contributed by atoms with van der Waals surface area (Å²) in [6.07, 6.45) is 0. The number of nitrogens with one attached hydrogen (secondary N) is 1. The Morgan fingerprint density at radius 3 is 2.45 bits per heavy atom. The molecule has 0 spiro atoms. The van der Waals surface area contributed by atoms with E-state index in [1.165, 1.54) is 17.9 Å². The Hall–Kier alpha value is -3.18. The van der Waals surface area contributed by atoms with Gasteiger partial charge in [-0.05, 0) is 39.0 Å². The summed E-state index contributed by atoms with van der Waals surface area (Å²) in [5.41, 5.74) is 2.90. The van der Waals surface area contributed by atoms with Gasteiger partial charge in [0, 0.05) is 24.0 Å². The largest absolute Gasteiger partial charge is 0.336 e. The van der Waals surface area contributed by atoms with Gasteiger partial charge in [-0.3, -0.25) is 14.4 Å². The van der Waals surface area contributed by atoms with Crippen molar-refractivity contribution in [2.45, 2.75) is 25.8 Å². The Balaban J connectivity index is 1.95. The highest BCUT2D eigenvalue weighted by atomic mass is 32.2. The number of nitrogens with zero attached hydrogens (tertiary/aromatic N) is 3. The SMILES string of the molecule is CC(=O)c1cc(C#N)c(SCC(=O)N(C)CC(=O)Nc2ccc(C)cc2)nc1C. The number of carbonyl (C=O) groups excluding carboxylic acids is 3. The molecule has 0 bridgehead atoms. The second kappa shape index (κ2) is 9.85. The quantitative estimate of drug-likeness (QED) is 0.556. The molecule has 0 unspecified atom stereocenters. The number of nitriles is 1. The van der Waals surface area contributed by atoms with Gasteiger partial charge in [-0.25, -0.2) is 4.98 Å². The third-order valence-corrected chi connectivity index (χ3v) is 5.13. The van der Waals surface area contributed by atoms with E-state index in [4.69, 9.17) is 0 Å². The first-order chi connectivity index (χ1) is 13.7. The lowest BCUT2D eigenvalue weighted by molar-refractivity contribution is -0.131. The molecule has 0 aliphatic rings. The predicted molar refractivity (Wildman–Crippen MR) is 112 cm³/mol. The van der Waals surface area contributed by atoms with Crippen molar-refractivity contribution < 1.29 is 14.4 Å². The molecule has 2 rings (SSSR count). The molecule has 0 aliphatic heterocycles. The van der Waals surface area contributed by atoms with E-state index in [0.29, 0.717) is 22.0 Å². The van der Waals surface area contributed by atoms with Crippen LogP contribution in [0.4, 0.5) is 5.69 Å². The molecule has 0 aliphatic carbocycles. The minimum atomic E-state index is -0.299. The summed E-state index contributed by atoms with van der Waals surface area (Å²) in [6, 6.07) is 10.9. The van der Waals surface area contributed by atoms with Gasteiger partial charge in [0.25, 0.3) is 0 Å². The first-order valence-electron chi connectivity index (χ1n) is 8.87. The maximum Gasteiger partial charge on any atom is 0.243 e. The number of likely N-dealkylation sites (N-methyl/N-ethyl adjacent to an activating group) is 1. The van der Waals surface area contributed by atoms with E-state index < -0.39 is 0 Å². The molecule has 2 amide bonds. The number of carbonyl (C=O) groups is 3. The Morgan fingerprint density at radius 2 is 1.86 bits per heavy atom. The van der Waals surface area contributed by atoms with Crippen LogP contribution in [-0.4, -0.2) is 46.8 Å². The third-order valence-electron chi connectivity index (χ3n) is 4.15. The second-order valence-electron chi connectivity index (χ2n) is 6.59. The molecule has 0 fully saturated rings. The Bertz CT molecular complexity index is 981. The monoisotopic (exact) mass is 410 g/mol. The van der Waals surface area contributed by atoms with Gasteiger partial charge in [-0.2, -0.15) is 5.26 Å². The van der Waals surface area contributed by atoms with E-state index in [1.54, 1.807) is 26.1 Å². The lowest BCUT2D eigenvalue weighted by Gasteiger charge is -2.17. The molecule has 1 heterocycles. The maximum absolute atomic E-state index is 12.4. The van der Waals surface area contributed by atoms with Gasteiger partial charge in [0.15, 0.2) is 5.78 Å². The number of aryl methyl sites for hydroxylation is 2. The number of anilines is 1. The van der Waals surface area contributed by atoms with E-state index in [-0.39, 0.29) is 35.5 Å². The molecule has 0 atom stereocenters. The molecule has 0 saturated heterocycles. The molecule has 29 heavy (non-hydrogen) atoms. The lowest BCUT2D eigenvalue weighted by atomic mass is 10.1. The van der Waals surface area contributed by atoms with Crippen LogP contribution < -0.4 is 5.32 Å². The topological polar surface area (TPSA) is 103 Å². The molecule has 2 aromatic rings. The summed E-state index contributed by atoms with van der Waals surface area (Å²) >= 11 is 1.11. The zero-order valence-electron chi connectivity index (χ0n) is 16.8. The van der Waals surface area contributed by atoms with Gasteiger partial charge >= 0.3 is 0 Å². The molecule has 1 aromatic heterocycles. The highest BCUT2D eigenvalue weighted by Crippen LogP contribution is 2.23. The molecule has 0 radical (unpaired) electrons. The van der Waals surface area contributed by atoms with Gasteiger partial charge in [0.2, 0.25) is 11.8 Å². The number of Topliss-reactive ketones (excluding diaryl/α,β-unsaturated/α-hetero) is 1. The number of aromatic nitrogens is 1. The van der Waals surface area contributed by atoms with Gasteiger partial charge in [-0.1, -0.05) is 29.5 Å². The number of rotatable bonds is 7. The standard InChI is InChI=1S/C21H22N4O3S/c1-13-5-7-17(8-6-13)24-19(27)11-25(4)20(28)12-29-21-16(10-22)9-18(15(3)26)14(2)23-21/h5-9H,11-12H2,1-4H3,(H,24,27). The fraction of sp³-hybridized carbons (Fsp3) is 0.286. The van der Waals surface area contributed by atoms with E-state index in [9.17, 15) is 19.6 Å². The van der Waals surface area contributed by atoms with Crippen LogP contribution in [-0.2, 0) is 9.59 Å². The predicted octanol–water partition coefficient (Wildman–Crippen LogP) is 2.96. The fourth-order valence-electron chi connectivity index (χ4n) is 2.51. The smallest absolute Gasteiger partial charge is 0.243 e. The molecular formula is C21H22N4O3S. The Labute approximate surface area is 174 Å². The fourth-order valence-corrected chi connectivity index (χ4v) is 3.45. The number of benzene rings is 1. The molecule has 1 N–H and O–H groups in total. The van der Waals surface area contributed by atoms with Crippen molar-refractivity contribution in [2.75, 3.05) is 24.7 Å². The zero-order valence-corrected chi connectivity index (χ0v) is 17.6. The first-order valence-corrected chi connectivity index (χ1v) is 9.85. The molecule has 0 saturated carbocycles. The molecular weight excluding hydrogens is 388 g/mol.